The lowest BCUT2D eigenvalue weighted by molar-refractivity contribution is 0.0996. The van der Waals surface area contributed by atoms with Crippen LogP contribution >= 0.6 is 11.3 Å². The van der Waals surface area contributed by atoms with E-state index in [9.17, 15) is 4.79 Å². The normalized spacial score (nSPS) is 17.1. The van der Waals surface area contributed by atoms with Gasteiger partial charge in [-0.3, -0.25) is 4.79 Å². The highest BCUT2D eigenvalue weighted by molar-refractivity contribution is 7.13. The highest BCUT2D eigenvalue weighted by atomic mass is 32.1. The van der Waals surface area contributed by atoms with Crippen molar-refractivity contribution in [3.8, 4) is 10.6 Å². The first-order valence-corrected chi connectivity index (χ1v) is 8.66. The monoisotopic (exact) mass is 340 g/mol. The molecule has 1 fully saturated rings. The van der Waals surface area contributed by atoms with Gasteiger partial charge in [0.15, 0.2) is 5.76 Å². The van der Waals surface area contributed by atoms with Crippen molar-refractivity contribution < 1.29 is 13.9 Å². The largest absolute Gasteiger partial charge is 0.459 e. The number of furan rings is 1. The maximum absolute atomic E-state index is 12.0. The van der Waals surface area contributed by atoms with Gasteiger partial charge in [0.25, 0.3) is 5.91 Å². The second-order valence-electron chi connectivity index (χ2n) is 5.65. The number of thiazole rings is 1. The number of nitrogens with one attached hydrogen (secondary N) is 1. The van der Waals surface area contributed by atoms with Gasteiger partial charge in [-0.25, -0.2) is 4.98 Å². The number of rotatable bonds is 4. The molecule has 2 aromatic heterocycles. The minimum absolute atomic E-state index is 0.259. The Morgan fingerprint density at radius 3 is 2.83 bits per heavy atom. The molecule has 0 unspecified atom stereocenters. The van der Waals surface area contributed by atoms with Gasteiger partial charge in [-0.05, 0) is 42.8 Å². The van der Waals surface area contributed by atoms with Gasteiger partial charge in [-0.1, -0.05) is 0 Å². The summed E-state index contributed by atoms with van der Waals surface area (Å²) >= 11 is 1.64. The van der Waals surface area contributed by atoms with Crippen molar-refractivity contribution in [3.05, 3.63) is 59.5 Å². The van der Waals surface area contributed by atoms with Crippen LogP contribution in [0.5, 0.6) is 0 Å². The number of hydrogen-bond acceptors (Lipinski definition) is 5. The van der Waals surface area contributed by atoms with Crippen LogP contribution in [0, 0.1) is 0 Å². The van der Waals surface area contributed by atoms with Gasteiger partial charge in [0, 0.05) is 29.2 Å². The predicted molar refractivity (Wildman–Crippen MR) is 92.4 cm³/mol. The first-order chi connectivity index (χ1) is 11.8. The van der Waals surface area contributed by atoms with Crippen LogP contribution in [0.3, 0.4) is 0 Å². The Hall–Kier alpha value is -2.44. The van der Waals surface area contributed by atoms with Crippen molar-refractivity contribution in [2.45, 2.75) is 12.3 Å². The maximum atomic E-state index is 12.0. The van der Waals surface area contributed by atoms with Crippen LogP contribution in [-0.2, 0) is 4.74 Å². The number of ether oxygens (including phenoxy) is 1. The third-order valence-corrected chi connectivity index (χ3v) is 4.91. The fourth-order valence-electron chi connectivity index (χ4n) is 2.67. The number of carbonyl (C=O) groups is 1. The van der Waals surface area contributed by atoms with Gasteiger partial charge in [-0.15, -0.1) is 11.3 Å². The molecule has 3 aromatic rings. The van der Waals surface area contributed by atoms with E-state index in [0.717, 1.165) is 41.6 Å². The van der Waals surface area contributed by atoms with E-state index < -0.39 is 0 Å². The quantitative estimate of drug-likeness (QED) is 0.774. The van der Waals surface area contributed by atoms with Crippen LogP contribution in [0.4, 0.5) is 5.69 Å². The molecule has 0 radical (unpaired) electrons. The smallest absolute Gasteiger partial charge is 0.291 e. The van der Waals surface area contributed by atoms with Crippen molar-refractivity contribution in [1.82, 2.24) is 4.98 Å². The summed E-state index contributed by atoms with van der Waals surface area (Å²) in [5.41, 5.74) is 2.88. The number of carbonyl (C=O) groups excluding carboxylic acids is 1. The molecule has 122 valence electrons. The SMILES string of the molecule is O=C(Nc1ccc(-c2nc([C@H]3CCOC3)cs2)cc1)c1ccco1. The fraction of sp³-hybridized carbons (Fsp3) is 0.222. The molecule has 1 aliphatic rings. The highest BCUT2D eigenvalue weighted by Gasteiger charge is 2.20. The Kier molecular flexibility index (Phi) is 4.15. The van der Waals surface area contributed by atoms with Gasteiger partial charge in [0.1, 0.15) is 5.01 Å². The summed E-state index contributed by atoms with van der Waals surface area (Å²) in [5.74, 6) is 0.454. The zero-order chi connectivity index (χ0) is 16.4. The molecule has 3 heterocycles. The molecule has 0 bridgehead atoms. The van der Waals surface area contributed by atoms with E-state index in [2.05, 4.69) is 10.7 Å². The van der Waals surface area contributed by atoms with E-state index in [4.69, 9.17) is 14.1 Å². The number of benzene rings is 1. The lowest BCUT2D eigenvalue weighted by atomic mass is 10.1. The molecule has 1 saturated heterocycles. The summed E-state index contributed by atoms with van der Waals surface area (Å²) in [7, 11) is 0. The zero-order valence-electron chi connectivity index (χ0n) is 12.9. The Morgan fingerprint density at radius 2 is 2.12 bits per heavy atom. The molecule has 1 aliphatic heterocycles. The Morgan fingerprint density at radius 1 is 1.25 bits per heavy atom. The molecule has 1 atom stereocenters. The van der Waals surface area contributed by atoms with Gasteiger partial charge in [0.05, 0.1) is 18.6 Å². The molecular weight excluding hydrogens is 324 g/mol. The van der Waals surface area contributed by atoms with Gasteiger partial charge >= 0.3 is 0 Å². The second kappa shape index (κ2) is 6.59. The van der Waals surface area contributed by atoms with E-state index in [1.54, 1.807) is 23.5 Å². The lowest BCUT2D eigenvalue weighted by Gasteiger charge is -2.04. The molecule has 4 rings (SSSR count). The topological polar surface area (TPSA) is 64.4 Å². The molecule has 1 amide bonds. The summed E-state index contributed by atoms with van der Waals surface area (Å²) in [6, 6.07) is 11.0. The lowest BCUT2D eigenvalue weighted by Crippen LogP contribution is -2.10. The maximum Gasteiger partial charge on any atom is 0.291 e. The molecule has 24 heavy (non-hydrogen) atoms. The average Bonchev–Trinajstić information content (AvgIpc) is 3.35. The molecule has 0 saturated carbocycles. The summed E-state index contributed by atoms with van der Waals surface area (Å²) in [6.45, 7) is 1.59. The van der Waals surface area contributed by atoms with Crippen molar-refractivity contribution in [1.29, 1.82) is 0 Å². The van der Waals surface area contributed by atoms with Crippen molar-refractivity contribution in [2.24, 2.45) is 0 Å². The van der Waals surface area contributed by atoms with Crippen LogP contribution < -0.4 is 5.32 Å². The zero-order valence-corrected chi connectivity index (χ0v) is 13.7. The van der Waals surface area contributed by atoms with Crippen molar-refractivity contribution in [2.75, 3.05) is 18.5 Å². The molecule has 6 heteroatoms. The van der Waals surface area contributed by atoms with Crippen LogP contribution in [0.2, 0.25) is 0 Å². The van der Waals surface area contributed by atoms with Crippen LogP contribution in [0.15, 0.2) is 52.5 Å². The first-order valence-electron chi connectivity index (χ1n) is 7.78. The molecule has 5 nitrogen and oxygen atoms in total. The Balaban J connectivity index is 1.46. The number of aromatic nitrogens is 1. The molecule has 1 aromatic carbocycles. The number of hydrogen-bond donors (Lipinski definition) is 1. The van der Waals surface area contributed by atoms with Crippen molar-refractivity contribution >= 4 is 22.9 Å². The number of nitrogens with zero attached hydrogens (tertiary/aromatic N) is 1. The Labute approximate surface area is 143 Å². The van der Waals surface area contributed by atoms with Gasteiger partial charge in [-0.2, -0.15) is 0 Å². The third-order valence-electron chi connectivity index (χ3n) is 4.00. The predicted octanol–water partition coefficient (Wildman–Crippen LogP) is 4.16. The van der Waals surface area contributed by atoms with Gasteiger partial charge < -0.3 is 14.5 Å². The third kappa shape index (κ3) is 3.11. The summed E-state index contributed by atoms with van der Waals surface area (Å²) in [6.07, 6.45) is 2.52. The molecule has 0 spiro atoms. The first kappa shape index (κ1) is 15.1. The second-order valence-corrected chi connectivity index (χ2v) is 6.50. The molecule has 0 aliphatic carbocycles. The summed E-state index contributed by atoms with van der Waals surface area (Å²) in [5, 5.41) is 5.91. The van der Waals surface area contributed by atoms with Crippen LogP contribution in [0.25, 0.3) is 10.6 Å². The van der Waals surface area contributed by atoms with Gasteiger partial charge in [0.2, 0.25) is 0 Å². The summed E-state index contributed by atoms with van der Waals surface area (Å²) in [4.78, 5) is 16.7. The van der Waals surface area contributed by atoms with Crippen LogP contribution in [0.1, 0.15) is 28.6 Å². The summed E-state index contributed by atoms with van der Waals surface area (Å²) < 4.78 is 10.5. The molecular formula is C18H16N2O3S. The van der Waals surface area contributed by atoms with E-state index in [1.165, 1.54) is 6.26 Å². The van der Waals surface area contributed by atoms with E-state index >= 15 is 0 Å². The van der Waals surface area contributed by atoms with Crippen molar-refractivity contribution in [3.63, 3.8) is 0 Å². The van der Waals surface area contributed by atoms with E-state index in [0.29, 0.717) is 11.7 Å². The minimum Gasteiger partial charge on any atom is -0.459 e. The Bertz CT molecular complexity index is 818. The average molecular weight is 340 g/mol. The highest BCUT2D eigenvalue weighted by Crippen LogP contribution is 2.31. The number of anilines is 1. The fourth-order valence-corrected chi connectivity index (χ4v) is 3.58. The van der Waals surface area contributed by atoms with E-state index in [1.807, 2.05) is 24.3 Å². The standard InChI is InChI=1S/C18H16N2O3S/c21-17(16-2-1-8-23-16)19-14-5-3-12(4-6-14)18-20-15(11-24-18)13-7-9-22-10-13/h1-6,8,11,13H,7,9-10H2,(H,19,21)/t13-/m0/s1. The van der Waals surface area contributed by atoms with Crippen LogP contribution in [-0.4, -0.2) is 24.1 Å². The molecule has 1 N–H and O–H groups in total. The number of amides is 1. The minimum atomic E-state index is -0.259. The van der Waals surface area contributed by atoms with E-state index in [-0.39, 0.29) is 5.91 Å².